The van der Waals surface area contributed by atoms with Gasteiger partial charge < -0.3 is 24.7 Å². The quantitative estimate of drug-likeness (QED) is 0.571. The number of hydrogen-bond donors (Lipinski definition) is 3. The van der Waals surface area contributed by atoms with Gasteiger partial charge in [-0.15, -0.1) is 0 Å². The topological polar surface area (TPSA) is 86.0 Å². The summed E-state index contributed by atoms with van der Waals surface area (Å²) in [5.41, 5.74) is 0. The maximum atomic E-state index is 9.37. The third-order valence-electron chi connectivity index (χ3n) is 2.45. The average Bonchev–Trinajstić information content (AvgIpc) is 2.65. The first-order valence-electron chi connectivity index (χ1n) is 5.07. The molecule has 3 N–H and O–H groups in total. The summed E-state index contributed by atoms with van der Waals surface area (Å²) in [4.78, 5) is 6.08. The van der Waals surface area contributed by atoms with Gasteiger partial charge in [0.15, 0.2) is 0 Å². The van der Waals surface area contributed by atoms with Crippen molar-refractivity contribution in [2.75, 3.05) is 18.0 Å². The van der Waals surface area contributed by atoms with E-state index in [1.165, 1.54) is 6.20 Å². The predicted molar refractivity (Wildman–Crippen MR) is 57.9 cm³/mol. The van der Waals surface area contributed by atoms with Gasteiger partial charge in [-0.25, -0.2) is 4.98 Å². The van der Waals surface area contributed by atoms with E-state index in [-0.39, 0.29) is 6.10 Å². The first-order chi connectivity index (χ1) is 7.65. The molecule has 1 unspecified atom stereocenters. The van der Waals surface area contributed by atoms with E-state index in [9.17, 15) is 5.11 Å². The van der Waals surface area contributed by atoms with Crippen molar-refractivity contribution in [3.63, 3.8) is 0 Å². The van der Waals surface area contributed by atoms with E-state index in [2.05, 4.69) is 9.64 Å². The molecular weight excluding hydrogens is 211 g/mol. The highest BCUT2D eigenvalue weighted by atomic mass is 16.6. The Labute approximate surface area is 93.3 Å². The van der Waals surface area contributed by atoms with Gasteiger partial charge in [0, 0.05) is 13.1 Å². The highest BCUT2D eigenvalue weighted by molar-refractivity contribution is 6.33. The summed E-state index contributed by atoms with van der Waals surface area (Å²) in [6, 6.07) is 3.32. The minimum absolute atomic E-state index is 0.290. The normalized spacial score (nSPS) is 19.9. The van der Waals surface area contributed by atoms with Gasteiger partial charge in [0.1, 0.15) is 11.6 Å². The van der Waals surface area contributed by atoms with Crippen LogP contribution in [0.5, 0.6) is 5.75 Å². The standard InChI is InChI=1S/C9H13BN2O4/c13-7-3-4-12(6-7)9-2-1-8(5-11-9)16-10(14)15/h1-2,5,7,13-15H,3-4,6H2. The van der Waals surface area contributed by atoms with Crippen LogP contribution in [0.25, 0.3) is 0 Å². The van der Waals surface area contributed by atoms with Gasteiger partial charge in [0.2, 0.25) is 0 Å². The Morgan fingerprint density at radius 1 is 1.44 bits per heavy atom. The zero-order chi connectivity index (χ0) is 11.5. The van der Waals surface area contributed by atoms with Crippen LogP contribution >= 0.6 is 0 Å². The second kappa shape index (κ2) is 4.69. The molecule has 7 heteroatoms. The zero-order valence-electron chi connectivity index (χ0n) is 8.65. The van der Waals surface area contributed by atoms with E-state index in [4.69, 9.17) is 10.0 Å². The maximum Gasteiger partial charge on any atom is 0.707 e. The van der Waals surface area contributed by atoms with E-state index in [0.717, 1.165) is 18.8 Å². The number of nitrogens with zero attached hydrogens (tertiary/aromatic N) is 2. The molecule has 0 radical (unpaired) electrons. The zero-order valence-corrected chi connectivity index (χ0v) is 8.65. The number of anilines is 1. The molecular formula is C9H13BN2O4. The van der Waals surface area contributed by atoms with Crippen molar-refractivity contribution in [3.05, 3.63) is 18.3 Å². The largest absolute Gasteiger partial charge is 0.707 e. The molecule has 16 heavy (non-hydrogen) atoms. The van der Waals surface area contributed by atoms with Crippen molar-refractivity contribution in [2.45, 2.75) is 12.5 Å². The second-order valence-electron chi connectivity index (χ2n) is 3.68. The highest BCUT2D eigenvalue weighted by Gasteiger charge is 2.21. The molecule has 0 aromatic carbocycles. The van der Waals surface area contributed by atoms with Crippen molar-refractivity contribution in [1.29, 1.82) is 0 Å². The van der Waals surface area contributed by atoms with E-state index >= 15 is 0 Å². The second-order valence-corrected chi connectivity index (χ2v) is 3.68. The molecule has 0 spiro atoms. The molecule has 6 nitrogen and oxygen atoms in total. The fourth-order valence-electron chi connectivity index (χ4n) is 1.70. The number of aliphatic hydroxyl groups is 1. The molecule has 1 aromatic heterocycles. The van der Waals surface area contributed by atoms with Crippen LogP contribution in [-0.4, -0.2) is 46.7 Å². The van der Waals surface area contributed by atoms with Crippen molar-refractivity contribution >= 4 is 13.1 Å². The maximum absolute atomic E-state index is 9.37. The molecule has 2 rings (SSSR count). The highest BCUT2D eigenvalue weighted by Crippen LogP contribution is 2.20. The molecule has 2 heterocycles. The molecule has 1 aliphatic rings. The lowest BCUT2D eigenvalue weighted by Crippen LogP contribution is -2.23. The van der Waals surface area contributed by atoms with E-state index in [0.29, 0.717) is 12.3 Å². The van der Waals surface area contributed by atoms with E-state index in [1.54, 1.807) is 12.1 Å². The molecule has 0 saturated carbocycles. The third-order valence-corrected chi connectivity index (χ3v) is 2.45. The third kappa shape index (κ3) is 2.63. The van der Waals surface area contributed by atoms with Gasteiger partial charge in [0.05, 0.1) is 12.3 Å². The number of hydrogen-bond acceptors (Lipinski definition) is 6. The lowest BCUT2D eigenvalue weighted by Gasteiger charge is -2.16. The van der Waals surface area contributed by atoms with Crippen molar-refractivity contribution in [3.8, 4) is 5.75 Å². The van der Waals surface area contributed by atoms with E-state index < -0.39 is 7.32 Å². The number of β-amino-alcohol motifs (C(OH)–C–C–N with tert-alkyl or cyclic N) is 1. The molecule has 1 fully saturated rings. The lowest BCUT2D eigenvalue weighted by atomic mass is 10.2. The van der Waals surface area contributed by atoms with Crippen LogP contribution in [-0.2, 0) is 0 Å². The molecule has 1 atom stereocenters. The Balaban J connectivity index is 2.02. The van der Waals surface area contributed by atoms with Gasteiger partial charge in [0.25, 0.3) is 0 Å². The molecule has 1 saturated heterocycles. The number of aromatic nitrogens is 1. The fraction of sp³-hybridized carbons (Fsp3) is 0.444. The smallest absolute Gasteiger partial charge is 0.511 e. The van der Waals surface area contributed by atoms with Gasteiger partial charge >= 0.3 is 7.32 Å². The molecule has 1 aliphatic heterocycles. The van der Waals surface area contributed by atoms with Crippen LogP contribution in [0, 0.1) is 0 Å². The van der Waals surface area contributed by atoms with Gasteiger partial charge in [-0.3, -0.25) is 0 Å². The van der Waals surface area contributed by atoms with Crippen LogP contribution in [0.4, 0.5) is 5.82 Å². The number of rotatable bonds is 3. The molecule has 0 amide bonds. The first-order valence-corrected chi connectivity index (χ1v) is 5.07. The van der Waals surface area contributed by atoms with Crippen molar-refractivity contribution < 1.29 is 19.8 Å². The number of pyridine rings is 1. The Hall–Kier alpha value is -1.31. The fourth-order valence-corrected chi connectivity index (χ4v) is 1.70. The monoisotopic (exact) mass is 224 g/mol. The van der Waals surface area contributed by atoms with E-state index in [1.807, 2.05) is 4.90 Å². The molecule has 0 aliphatic carbocycles. The summed E-state index contributed by atoms with van der Waals surface area (Å²) in [5, 5.41) is 26.5. The van der Waals surface area contributed by atoms with Crippen molar-refractivity contribution in [1.82, 2.24) is 4.98 Å². The minimum atomic E-state index is -1.83. The summed E-state index contributed by atoms with van der Waals surface area (Å²) in [6.07, 6.45) is 1.87. The molecule has 1 aromatic rings. The predicted octanol–water partition coefficient (Wildman–Crippen LogP) is -0.999. The van der Waals surface area contributed by atoms with Crippen LogP contribution in [0.15, 0.2) is 18.3 Å². The summed E-state index contributed by atoms with van der Waals surface area (Å²) < 4.78 is 4.63. The van der Waals surface area contributed by atoms with Crippen LogP contribution in [0.1, 0.15) is 6.42 Å². The first kappa shape index (κ1) is 11.2. The van der Waals surface area contributed by atoms with Crippen LogP contribution < -0.4 is 9.55 Å². The number of aliphatic hydroxyl groups excluding tert-OH is 1. The summed E-state index contributed by atoms with van der Waals surface area (Å²) in [6.45, 7) is 1.35. The summed E-state index contributed by atoms with van der Waals surface area (Å²) in [7, 11) is -1.83. The minimum Gasteiger partial charge on any atom is -0.511 e. The Morgan fingerprint density at radius 2 is 2.25 bits per heavy atom. The summed E-state index contributed by atoms with van der Waals surface area (Å²) in [5.74, 6) is 1.04. The summed E-state index contributed by atoms with van der Waals surface area (Å²) >= 11 is 0. The van der Waals surface area contributed by atoms with Crippen LogP contribution in [0.3, 0.4) is 0 Å². The Morgan fingerprint density at radius 3 is 2.75 bits per heavy atom. The molecule has 0 bridgehead atoms. The van der Waals surface area contributed by atoms with Gasteiger partial charge in [-0.1, -0.05) is 0 Å². The van der Waals surface area contributed by atoms with Crippen LogP contribution in [0.2, 0.25) is 0 Å². The Bertz CT molecular complexity index is 346. The Kier molecular flexibility index (Phi) is 3.28. The van der Waals surface area contributed by atoms with Gasteiger partial charge in [-0.2, -0.15) is 0 Å². The van der Waals surface area contributed by atoms with Gasteiger partial charge in [-0.05, 0) is 18.6 Å². The van der Waals surface area contributed by atoms with Crippen molar-refractivity contribution in [2.24, 2.45) is 0 Å². The SMILES string of the molecule is OB(O)Oc1ccc(N2CCC(O)C2)nc1. The lowest BCUT2D eigenvalue weighted by molar-refractivity contribution is 0.198. The molecule has 86 valence electrons. The average molecular weight is 224 g/mol.